The van der Waals surface area contributed by atoms with Crippen LogP contribution in [0, 0.1) is 11.3 Å². The quantitative estimate of drug-likeness (QED) is 0.787. The molecule has 0 spiro atoms. The summed E-state index contributed by atoms with van der Waals surface area (Å²) in [6.45, 7) is 6.86. The van der Waals surface area contributed by atoms with Gasteiger partial charge in [-0.15, -0.1) is 11.3 Å². The Morgan fingerprint density at radius 3 is 2.31 bits per heavy atom. The van der Waals surface area contributed by atoms with E-state index in [1.807, 2.05) is 0 Å². The van der Waals surface area contributed by atoms with Crippen molar-refractivity contribution in [2.45, 2.75) is 40.0 Å². The highest BCUT2D eigenvalue weighted by molar-refractivity contribution is 7.16. The van der Waals surface area contributed by atoms with Gasteiger partial charge in [0.1, 0.15) is 11.5 Å². The summed E-state index contributed by atoms with van der Waals surface area (Å²) < 4.78 is 10.6. The Kier molecular flexibility index (Phi) is 5.02. The minimum absolute atomic E-state index is 0.0496. The van der Waals surface area contributed by atoms with Gasteiger partial charge in [-0.25, -0.2) is 0 Å². The molecule has 1 aromatic carbocycles. The van der Waals surface area contributed by atoms with Gasteiger partial charge in [0.2, 0.25) is 0 Å². The molecule has 0 fully saturated rings. The molecule has 2 aromatic rings. The van der Waals surface area contributed by atoms with Crippen molar-refractivity contribution in [2.75, 3.05) is 20.0 Å². The van der Waals surface area contributed by atoms with E-state index in [9.17, 15) is 4.79 Å². The Morgan fingerprint density at radius 2 is 1.77 bits per heavy atom. The van der Waals surface area contributed by atoms with E-state index < -0.39 is 0 Å². The first-order valence-electron chi connectivity index (χ1n) is 8.92. The third-order valence-corrected chi connectivity index (χ3v) is 6.44. The Bertz CT molecular complexity index is 810. The minimum Gasteiger partial charge on any atom is -0.497 e. The molecule has 1 heterocycles. The molecule has 140 valence electrons. The van der Waals surface area contributed by atoms with E-state index >= 15 is 0 Å². The number of hydrogen-bond acceptors (Lipinski definition) is 5. The topological polar surface area (TPSA) is 61.5 Å². The molecule has 0 unspecified atom stereocenters. The first-order chi connectivity index (χ1) is 12.2. The van der Waals surface area contributed by atoms with Crippen LogP contribution in [-0.4, -0.2) is 20.0 Å². The number of rotatable bonds is 4. The van der Waals surface area contributed by atoms with Crippen LogP contribution in [0.2, 0.25) is 0 Å². The summed E-state index contributed by atoms with van der Waals surface area (Å²) in [6, 6.07) is 5.25. The van der Waals surface area contributed by atoms with Gasteiger partial charge in [-0.2, -0.15) is 0 Å². The van der Waals surface area contributed by atoms with Crippen molar-refractivity contribution in [2.24, 2.45) is 11.3 Å². The molecular weight excluding hydrogens is 346 g/mol. The molecule has 1 atom stereocenters. The fraction of sp³-hybridized carbons (Fsp3) is 0.476. The molecular formula is C21H27NO3S. The molecule has 3 rings (SSSR count). The fourth-order valence-electron chi connectivity index (χ4n) is 3.68. The number of methoxy groups -OCH3 is 2. The molecule has 1 aromatic heterocycles. The lowest BCUT2D eigenvalue weighted by molar-refractivity contribution is 0.103. The van der Waals surface area contributed by atoms with Crippen LogP contribution in [0.25, 0.3) is 0 Å². The summed E-state index contributed by atoms with van der Waals surface area (Å²) in [7, 11) is 3.16. The summed E-state index contributed by atoms with van der Waals surface area (Å²) in [5.41, 5.74) is 8.91. The SMILES string of the molecule is COc1cc(OC)cc(C(=O)c2c(N)sc3c2CC[C@@H](C(C)(C)C)C3)c1. The number of nitrogen functional groups attached to an aromatic ring is 1. The third kappa shape index (κ3) is 3.45. The van der Waals surface area contributed by atoms with Gasteiger partial charge in [-0.05, 0) is 48.3 Å². The van der Waals surface area contributed by atoms with Crippen molar-refractivity contribution in [3.8, 4) is 11.5 Å². The fourth-order valence-corrected chi connectivity index (χ4v) is 4.87. The molecule has 1 aliphatic rings. The van der Waals surface area contributed by atoms with Crippen LogP contribution >= 0.6 is 11.3 Å². The summed E-state index contributed by atoms with van der Waals surface area (Å²) >= 11 is 1.57. The zero-order chi connectivity index (χ0) is 19.1. The highest BCUT2D eigenvalue weighted by Gasteiger charge is 2.33. The van der Waals surface area contributed by atoms with E-state index in [0.717, 1.165) is 24.8 Å². The van der Waals surface area contributed by atoms with Crippen LogP contribution < -0.4 is 15.2 Å². The van der Waals surface area contributed by atoms with E-state index in [1.54, 1.807) is 43.8 Å². The van der Waals surface area contributed by atoms with Gasteiger partial charge < -0.3 is 15.2 Å². The molecule has 4 nitrogen and oxygen atoms in total. The lowest BCUT2D eigenvalue weighted by atomic mass is 9.72. The van der Waals surface area contributed by atoms with E-state index in [2.05, 4.69) is 20.8 Å². The molecule has 26 heavy (non-hydrogen) atoms. The number of anilines is 1. The number of ether oxygens (including phenoxy) is 2. The van der Waals surface area contributed by atoms with Crippen LogP contribution in [0.5, 0.6) is 11.5 Å². The highest BCUT2D eigenvalue weighted by Crippen LogP contribution is 2.44. The standard InChI is InChI=1S/C21H27NO3S/c1-21(2,3)13-6-7-16-17(10-13)26-20(22)18(16)19(23)12-8-14(24-4)11-15(9-12)25-5/h8-9,11,13H,6-7,10,22H2,1-5H3/t13-/m1/s1. The van der Waals surface area contributed by atoms with Gasteiger partial charge in [0.25, 0.3) is 0 Å². The van der Waals surface area contributed by atoms with Crippen LogP contribution in [0.4, 0.5) is 5.00 Å². The maximum atomic E-state index is 13.2. The van der Waals surface area contributed by atoms with Crippen LogP contribution in [0.3, 0.4) is 0 Å². The van der Waals surface area contributed by atoms with Crippen molar-refractivity contribution in [3.05, 3.63) is 39.8 Å². The molecule has 0 amide bonds. The van der Waals surface area contributed by atoms with Gasteiger partial charge in [-0.1, -0.05) is 20.8 Å². The average molecular weight is 374 g/mol. The second-order valence-electron chi connectivity index (χ2n) is 7.98. The van der Waals surface area contributed by atoms with E-state index in [4.69, 9.17) is 15.2 Å². The monoisotopic (exact) mass is 373 g/mol. The van der Waals surface area contributed by atoms with Crippen LogP contribution in [0.15, 0.2) is 18.2 Å². The highest BCUT2D eigenvalue weighted by atomic mass is 32.1. The predicted octanol–water partition coefficient (Wildman–Crippen LogP) is 4.73. The molecule has 0 aliphatic heterocycles. The maximum absolute atomic E-state index is 13.2. The Hall–Kier alpha value is -2.01. The minimum atomic E-state index is -0.0496. The largest absolute Gasteiger partial charge is 0.497 e. The number of carbonyl (C=O) groups excluding carboxylic acids is 1. The number of ketones is 1. The lowest BCUT2D eigenvalue weighted by Gasteiger charge is -2.33. The van der Waals surface area contributed by atoms with Crippen LogP contribution in [0.1, 0.15) is 53.6 Å². The maximum Gasteiger partial charge on any atom is 0.196 e. The van der Waals surface area contributed by atoms with E-state index in [0.29, 0.717) is 33.5 Å². The molecule has 0 radical (unpaired) electrons. The van der Waals surface area contributed by atoms with E-state index in [1.165, 1.54) is 4.88 Å². The number of nitrogens with two attached hydrogens (primary N) is 1. The second kappa shape index (κ2) is 6.95. The smallest absolute Gasteiger partial charge is 0.196 e. The van der Waals surface area contributed by atoms with Crippen molar-refractivity contribution < 1.29 is 14.3 Å². The Labute approximate surface area is 159 Å². The number of thiophene rings is 1. The predicted molar refractivity (Wildman–Crippen MR) is 107 cm³/mol. The molecule has 5 heteroatoms. The van der Waals surface area contributed by atoms with Gasteiger partial charge in [-0.3, -0.25) is 4.79 Å². The average Bonchev–Trinajstić information content (AvgIpc) is 2.94. The molecule has 2 N–H and O–H groups in total. The molecule has 1 aliphatic carbocycles. The second-order valence-corrected chi connectivity index (χ2v) is 9.12. The zero-order valence-corrected chi connectivity index (χ0v) is 17.0. The van der Waals surface area contributed by atoms with Gasteiger partial charge in [0.15, 0.2) is 5.78 Å². The van der Waals surface area contributed by atoms with Crippen molar-refractivity contribution in [3.63, 3.8) is 0 Å². The van der Waals surface area contributed by atoms with Gasteiger partial charge in [0.05, 0.1) is 24.8 Å². The van der Waals surface area contributed by atoms with Crippen molar-refractivity contribution >= 4 is 22.1 Å². The van der Waals surface area contributed by atoms with Crippen LogP contribution in [-0.2, 0) is 12.8 Å². The summed E-state index contributed by atoms with van der Waals surface area (Å²) in [6.07, 6.45) is 3.00. The molecule has 0 saturated heterocycles. The number of fused-ring (bicyclic) bond motifs is 1. The first kappa shape index (κ1) is 18.8. The van der Waals surface area contributed by atoms with E-state index in [-0.39, 0.29) is 11.2 Å². The molecule has 0 bridgehead atoms. The number of carbonyl (C=O) groups is 1. The summed E-state index contributed by atoms with van der Waals surface area (Å²) in [4.78, 5) is 14.5. The zero-order valence-electron chi connectivity index (χ0n) is 16.1. The van der Waals surface area contributed by atoms with Crippen molar-refractivity contribution in [1.82, 2.24) is 0 Å². The number of benzene rings is 1. The first-order valence-corrected chi connectivity index (χ1v) is 9.74. The molecule has 0 saturated carbocycles. The number of hydrogen-bond donors (Lipinski definition) is 1. The van der Waals surface area contributed by atoms with Crippen molar-refractivity contribution in [1.29, 1.82) is 0 Å². The normalized spacial score (nSPS) is 16.9. The summed E-state index contributed by atoms with van der Waals surface area (Å²) in [5, 5.41) is 0.622. The summed E-state index contributed by atoms with van der Waals surface area (Å²) in [5.74, 6) is 1.77. The van der Waals surface area contributed by atoms with Gasteiger partial charge in [0, 0.05) is 16.5 Å². The van der Waals surface area contributed by atoms with Gasteiger partial charge >= 0.3 is 0 Å². The Morgan fingerprint density at radius 1 is 1.15 bits per heavy atom. The third-order valence-electron chi connectivity index (χ3n) is 5.36. The lowest BCUT2D eigenvalue weighted by Crippen LogP contribution is -2.26. The Balaban J connectivity index is 1.99.